The average molecular weight is 246 g/mol. The first-order valence-corrected chi connectivity index (χ1v) is 5.54. The molecular formula is C11H11FN6. The third kappa shape index (κ3) is 2.15. The third-order valence-corrected chi connectivity index (χ3v) is 2.53. The van der Waals surface area contributed by atoms with E-state index in [4.69, 9.17) is 0 Å². The van der Waals surface area contributed by atoms with Crippen molar-refractivity contribution in [2.75, 3.05) is 11.9 Å². The van der Waals surface area contributed by atoms with Crippen molar-refractivity contribution < 1.29 is 4.39 Å². The van der Waals surface area contributed by atoms with Crippen molar-refractivity contribution in [2.24, 2.45) is 0 Å². The Labute approximate surface area is 102 Å². The number of nitrogens with one attached hydrogen (secondary N) is 2. The van der Waals surface area contributed by atoms with E-state index in [2.05, 4.69) is 25.4 Å². The molecule has 0 bridgehead atoms. The Morgan fingerprint density at radius 1 is 1.39 bits per heavy atom. The summed E-state index contributed by atoms with van der Waals surface area (Å²) in [6.45, 7) is 0.682. The molecule has 0 unspecified atom stereocenters. The van der Waals surface area contributed by atoms with Crippen LogP contribution in [0.15, 0.2) is 30.9 Å². The average Bonchev–Trinajstić information content (AvgIpc) is 2.97. The van der Waals surface area contributed by atoms with Gasteiger partial charge in [-0.2, -0.15) is 4.98 Å². The van der Waals surface area contributed by atoms with Crippen molar-refractivity contribution >= 4 is 11.6 Å². The van der Waals surface area contributed by atoms with E-state index < -0.39 is 0 Å². The molecular weight excluding hydrogens is 235 g/mol. The molecule has 3 aromatic heterocycles. The smallest absolute Gasteiger partial charge is 0.243 e. The SMILES string of the molecule is Fc1ccc2nc(NCCc3cnc[nH]3)nn2c1. The van der Waals surface area contributed by atoms with Crippen molar-refractivity contribution in [3.8, 4) is 0 Å². The topological polar surface area (TPSA) is 70.9 Å². The van der Waals surface area contributed by atoms with Crippen LogP contribution in [0.25, 0.3) is 5.65 Å². The third-order valence-electron chi connectivity index (χ3n) is 2.53. The Bertz CT molecular complexity index is 645. The molecule has 2 N–H and O–H groups in total. The maximum Gasteiger partial charge on any atom is 0.243 e. The highest BCUT2D eigenvalue weighted by atomic mass is 19.1. The highest BCUT2D eigenvalue weighted by Crippen LogP contribution is 2.06. The van der Waals surface area contributed by atoms with Gasteiger partial charge in [-0.1, -0.05) is 0 Å². The number of hydrogen-bond acceptors (Lipinski definition) is 4. The highest BCUT2D eigenvalue weighted by molar-refractivity contribution is 5.43. The van der Waals surface area contributed by atoms with E-state index in [9.17, 15) is 4.39 Å². The summed E-state index contributed by atoms with van der Waals surface area (Å²) in [6, 6.07) is 2.95. The molecule has 0 radical (unpaired) electrons. The minimum atomic E-state index is -0.337. The van der Waals surface area contributed by atoms with Gasteiger partial charge in [-0.05, 0) is 12.1 Å². The Kier molecular flexibility index (Phi) is 2.64. The van der Waals surface area contributed by atoms with Crippen molar-refractivity contribution in [1.29, 1.82) is 0 Å². The fourth-order valence-corrected chi connectivity index (χ4v) is 1.66. The van der Waals surface area contributed by atoms with Crippen molar-refractivity contribution in [3.05, 3.63) is 42.4 Å². The molecule has 92 valence electrons. The van der Waals surface area contributed by atoms with Crippen LogP contribution in [0.3, 0.4) is 0 Å². The molecule has 0 amide bonds. The van der Waals surface area contributed by atoms with Gasteiger partial charge in [0, 0.05) is 24.9 Å². The molecule has 0 spiro atoms. The monoisotopic (exact) mass is 246 g/mol. The molecule has 3 heterocycles. The van der Waals surface area contributed by atoms with E-state index in [0.717, 1.165) is 12.1 Å². The van der Waals surface area contributed by atoms with Gasteiger partial charge >= 0.3 is 0 Å². The van der Waals surface area contributed by atoms with Crippen LogP contribution in [0.5, 0.6) is 0 Å². The number of H-pyrrole nitrogens is 1. The number of aromatic nitrogens is 5. The lowest BCUT2D eigenvalue weighted by atomic mass is 10.3. The van der Waals surface area contributed by atoms with Gasteiger partial charge in [-0.3, -0.25) is 0 Å². The Balaban J connectivity index is 1.67. The number of imidazole rings is 1. The van der Waals surface area contributed by atoms with Gasteiger partial charge in [0.1, 0.15) is 5.82 Å². The molecule has 7 heteroatoms. The van der Waals surface area contributed by atoms with E-state index in [1.54, 1.807) is 18.6 Å². The van der Waals surface area contributed by atoms with Gasteiger partial charge in [0.15, 0.2) is 5.65 Å². The molecule has 0 saturated carbocycles. The van der Waals surface area contributed by atoms with Crippen LogP contribution in [0, 0.1) is 5.82 Å². The quantitative estimate of drug-likeness (QED) is 0.726. The van der Waals surface area contributed by atoms with E-state index in [-0.39, 0.29) is 5.82 Å². The van der Waals surface area contributed by atoms with Crippen molar-refractivity contribution in [3.63, 3.8) is 0 Å². The summed E-state index contributed by atoms with van der Waals surface area (Å²) in [5.41, 5.74) is 1.65. The zero-order valence-corrected chi connectivity index (χ0v) is 9.47. The summed E-state index contributed by atoms with van der Waals surface area (Å²) in [7, 11) is 0. The second kappa shape index (κ2) is 4.44. The van der Waals surface area contributed by atoms with E-state index >= 15 is 0 Å². The number of rotatable bonds is 4. The van der Waals surface area contributed by atoms with Gasteiger partial charge in [-0.15, -0.1) is 5.10 Å². The second-order valence-corrected chi connectivity index (χ2v) is 3.84. The lowest BCUT2D eigenvalue weighted by Crippen LogP contribution is -2.06. The zero-order chi connectivity index (χ0) is 12.4. The molecule has 3 rings (SSSR count). The first-order chi connectivity index (χ1) is 8.81. The standard InChI is InChI=1S/C11H11FN6/c12-8-1-2-10-16-11(17-18(10)6-8)14-4-3-9-5-13-7-15-9/h1-2,5-7H,3-4H2,(H,13,15)(H,14,17). The maximum absolute atomic E-state index is 13.0. The van der Waals surface area contributed by atoms with Crippen LogP contribution in [0.1, 0.15) is 5.69 Å². The highest BCUT2D eigenvalue weighted by Gasteiger charge is 2.03. The van der Waals surface area contributed by atoms with Gasteiger partial charge in [0.05, 0.1) is 12.5 Å². The van der Waals surface area contributed by atoms with E-state index in [0.29, 0.717) is 18.1 Å². The minimum Gasteiger partial charge on any atom is -0.353 e. The summed E-state index contributed by atoms with van der Waals surface area (Å²) in [6.07, 6.45) is 5.50. The fourth-order valence-electron chi connectivity index (χ4n) is 1.66. The van der Waals surface area contributed by atoms with Crippen LogP contribution in [0.2, 0.25) is 0 Å². The predicted octanol–water partition coefficient (Wildman–Crippen LogP) is 1.25. The Morgan fingerprint density at radius 2 is 2.33 bits per heavy atom. The summed E-state index contributed by atoms with van der Waals surface area (Å²) in [4.78, 5) is 11.2. The second-order valence-electron chi connectivity index (χ2n) is 3.84. The van der Waals surface area contributed by atoms with Gasteiger partial charge in [-0.25, -0.2) is 13.9 Å². The van der Waals surface area contributed by atoms with Crippen LogP contribution in [0.4, 0.5) is 10.3 Å². The lowest BCUT2D eigenvalue weighted by molar-refractivity contribution is 0.615. The number of anilines is 1. The van der Waals surface area contributed by atoms with E-state index in [1.807, 2.05) is 0 Å². The molecule has 0 aliphatic rings. The number of pyridine rings is 1. The lowest BCUT2D eigenvalue weighted by Gasteiger charge is -1.98. The Morgan fingerprint density at radius 3 is 3.17 bits per heavy atom. The first kappa shape index (κ1) is 10.7. The minimum absolute atomic E-state index is 0.337. The predicted molar refractivity (Wildman–Crippen MR) is 63.7 cm³/mol. The van der Waals surface area contributed by atoms with Crippen LogP contribution in [-0.2, 0) is 6.42 Å². The van der Waals surface area contributed by atoms with Crippen molar-refractivity contribution in [1.82, 2.24) is 24.6 Å². The molecule has 3 aromatic rings. The zero-order valence-electron chi connectivity index (χ0n) is 9.47. The van der Waals surface area contributed by atoms with Crippen LogP contribution < -0.4 is 5.32 Å². The number of halogens is 1. The van der Waals surface area contributed by atoms with Gasteiger partial charge in [0.2, 0.25) is 5.95 Å². The molecule has 18 heavy (non-hydrogen) atoms. The number of hydrogen-bond donors (Lipinski definition) is 2. The Hall–Kier alpha value is -2.44. The van der Waals surface area contributed by atoms with E-state index in [1.165, 1.54) is 16.8 Å². The molecule has 0 aliphatic carbocycles. The molecule has 0 aromatic carbocycles. The fraction of sp³-hybridized carbons (Fsp3) is 0.182. The molecule has 0 fully saturated rings. The van der Waals surface area contributed by atoms with Crippen molar-refractivity contribution in [2.45, 2.75) is 6.42 Å². The number of aromatic amines is 1. The van der Waals surface area contributed by atoms with Crippen LogP contribution >= 0.6 is 0 Å². The number of nitrogens with zero attached hydrogens (tertiary/aromatic N) is 4. The summed E-state index contributed by atoms with van der Waals surface area (Å²) in [5.74, 6) is 0.150. The number of fused-ring (bicyclic) bond motifs is 1. The molecule has 0 saturated heterocycles. The first-order valence-electron chi connectivity index (χ1n) is 5.54. The molecule has 0 aliphatic heterocycles. The largest absolute Gasteiger partial charge is 0.353 e. The normalized spacial score (nSPS) is 10.9. The maximum atomic E-state index is 13.0. The summed E-state index contributed by atoms with van der Waals surface area (Å²) in [5, 5.41) is 7.20. The molecule has 6 nitrogen and oxygen atoms in total. The van der Waals surface area contributed by atoms with Crippen LogP contribution in [-0.4, -0.2) is 31.1 Å². The molecule has 0 atom stereocenters. The van der Waals surface area contributed by atoms with Gasteiger partial charge < -0.3 is 10.3 Å². The summed E-state index contributed by atoms with van der Waals surface area (Å²) >= 11 is 0. The summed E-state index contributed by atoms with van der Waals surface area (Å²) < 4.78 is 14.4. The van der Waals surface area contributed by atoms with Gasteiger partial charge in [0.25, 0.3) is 0 Å².